The van der Waals surface area contributed by atoms with Crippen LogP contribution in [0.4, 0.5) is 0 Å². The van der Waals surface area contributed by atoms with Gasteiger partial charge in [-0.1, -0.05) is 6.92 Å². The van der Waals surface area contributed by atoms with Crippen LogP contribution in [-0.4, -0.2) is 37.7 Å². The monoisotopic (exact) mass is 268 g/mol. The highest BCUT2D eigenvalue weighted by molar-refractivity contribution is 7.11. The first-order valence-corrected chi connectivity index (χ1v) is 7.67. The van der Waals surface area contributed by atoms with Gasteiger partial charge in [-0.2, -0.15) is 0 Å². The molecule has 1 N–H and O–H groups in total. The quantitative estimate of drug-likeness (QED) is 0.858. The van der Waals surface area contributed by atoms with E-state index in [2.05, 4.69) is 36.3 Å². The van der Waals surface area contributed by atoms with Gasteiger partial charge in [0.15, 0.2) is 0 Å². The van der Waals surface area contributed by atoms with Crippen LogP contribution in [0.3, 0.4) is 0 Å². The van der Waals surface area contributed by atoms with Crippen molar-refractivity contribution in [1.82, 2.24) is 10.2 Å². The van der Waals surface area contributed by atoms with Crippen LogP contribution in [0.25, 0.3) is 0 Å². The number of ether oxygens (including phenoxy) is 1. The van der Waals surface area contributed by atoms with Gasteiger partial charge in [-0.05, 0) is 38.6 Å². The number of rotatable bonds is 6. The van der Waals surface area contributed by atoms with Crippen molar-refractivity contribution in [3.8, 4) is 0 Å². The molecule has 0 amide bonds. The summed E-state index contributed by atoms with van der Waals surface area (Å²) in [5, 5.41) is 3.37. The summed E-state index contributed by atoms with van der Waals surface area (Å²) in [6.07, 6.45) is 2.35. The molecule has 0 unspecified atom stereocenters. The molecule has 4 heteroatoms. The van der Waals surface area contributed by atoms with Crippen molar-refractivity contribution in [2.45, 2.75) is 38.9 Å². The van der Waals surface area contributed by atoms with Crippen LogP contribution in [0.1, 0.15) is 29.5 Å². The van der Waals surface area contributed by atoms with E-state index in [4.69, 9.17) is 4.74 Å². The summed E-state index contributed by atoms with van der Waals surface area (Å²) in [5.74, 6) is 0. The third-order valence-electron chi connectivity index (χ3n) is 3.49. The molecule has 1 aromatic rings. The average molecular weight is 268 g/mol. The van der Waals surface area contributed by atoms with Gasteiger partial charge >= 0.3 is 0 Å². The van der Waals surface area contributed by atoms with E-state index in [1.54, 1.807) is 0 Å². The van der Waals surface area contributed by atoms with Gasteiger partial charge in [0.2, 0.25) is 0 Å². The van der Waals surface area contributed by atoms with Crippen molar-refractivity contribution >= 4 is 11.3 Å². The molecule has 0 aromatic carbocycles. The minimum atomic E-state index is 0.693. The van der Waals surface area contributed by atoms with E-state index in [-0.39, 0.29) is 0 Å². The summed E-state index contributed by atoms with van der Waals surface area (Å²) < 4.78 is 5.42. The lowest BCUT2D eigenvalue weighted by Crippen LogP contribution is -2.35. The van der Waals surface area contributed by atoms with E-state index < -0.39 is 0 Å². The molecule has 1 aliphatic heterocycles. The fourth-order valence-corrected chi connectivity index (χ4v) is 3.40. The first-order chi connectivity index (χ1) is 8.79. The number of hydrogen-bond donors (Lipinski definition) is 1. The van der Waals surface area contributed by atoms with Crippen molar-refractivity contribution in [2.24, 2.45) is 0 Å². The zero-order valence-corrected chi connectivity index (χ0v) is 12.3. The van der Waals surface area contributed by atoms with Crippen molar-refractivity contribution < 1.29 is 4.74 Å². The largest absolute Gasteiger partial charge is 0.381 e. The second kappa shape index (κ2) is 7.24. The summed E-state index contributed by atoms with van der Waals surface area (Å²) in [6.45, 7) is 7.10. The van der Waals surface area contributed by atoms with Crippen molar-refractivity contribution in [3.05, 3.63) is 21.9 Å². The highest BCUT2D eigenvalue weighted by Crippen LogP contribution is 2.21. The summed E-state index contributed by atoms with van der Waals surface area (Å²) in [4.78, 5) is 5.38. The lowest BCUT2D eigenvalue weighted by molar-refractivity contribution is 0.0410. The maximum atomic E-state index is 5.42. The highest BCUT2D eigenvalue weighted by atomic mass is 32.1. The topological polar surface area (TPSA) is 24.5 Å². The molecule has 0 saturated carbocycles. The molecule has 18 heavy (non-hydrogen) atoms. The molecular weight excluding hydrogens is 244 g/mol. The summed E-state index contributed by atoms with van der Waals surface area (Å²) in [6, 6.07) is 5.21. The lowest BCUT2D eigenvalue weighted by Gasteiger charge is -2.30. The third kappa shape index (κ3) is 4.05. The van der Waals surface area contributed by atoms with Gasteiger partial charge < -0.3 is 10.1 Å². The smallest absolute Gasteiger partial charge is 0.0480 e. The van der Waals surface area contributed by atoms with Crippen LogP contribution in [0, 0.1) is 0 Å². The molecule has 0 atom stereocenters. The molecule has 0 radical (unpaired) electrons. The van der Waals surface area contributed by atoms with Crippen molar-refractivity contribution in [3.63, 3.8) is 0 Å². The van der Waals surface area contributed by atoms with E-state index in [0.29, 0.717) is 6.04 Å². The fourth-order valence-electron chi connectivity index (χ4n) is 2.35. The summed E-state index contributed by atoms with van der Waals surface area (Å²) >= 11 is 1.93. The van der Waals surface area contributed by atoms with Crippen LogP contribution >= 0.6 is 11.3 Å². The standard InChI is InChI=1S/C14H24N2OS/c1-3-15-10-13-4-5-14(18-13)11-16(2)12-6-8-17-9-7-12/h4-5,12,15H,3,6-11H2,1-2H3. The number of thiophene rings is 1. The minimum absolute atomic E-state index is 0.693. The summed E-state index contributed by atoms with van der Waals surface area (Å²) in [5.41, 5.74) is 0. The van der Waals surface area contributed by atoms with E-state index >= 15 is 0 Å². The van der Waals surface area contributed by atoms with Gasteiger partial charge in [0.25, 0.3) is 0 Å². The Bertz CT molecular complexity index is 347. The van der Waals surface area contributed by atoms with Crippen LogP contribution in [-0.2, 0) is 17.8 Å². The zero-order chi connectivity index (χ0) is 12.8. The molecule has 2 rings (SSSR count). The predicted molar refractivity (Wildman–Crippen MR) is 77.0 cm³/mol. The maximum Gasteiger partial charge on any atom is 0.0480 e. The van der Waals surface area contributed by atoms with Gasteiger partial charge in [-0.15, -0.1) is 11.3 Å². The van der Waals surface area contributed by atoms with E-state index in [9.17, 15) is 0 Å². The molecule has 3 nitrogen and oxygen atoms in total. The number of hydrogen-bond acceptors (Lipinski definition) is 4. The number of nitrogens with one attached hydrogen (secondary N) is 1. The van der Waals surface area contributed by atoms with E-state index in [1.165, 1.54) is 22.6 Å². The molecular formula is C14H24N2OS. The maximum absolute atomic E-state index is 5.42. The molecule has 1 saturated heterocycles. The Balaban J connectivity index is 1.82. The summed E-state index contributed by atoms with van der Waals surface area (Å²) in [7, 11) is 2.24. The zero-order valence-electron chi connectivity index (χ0n) is 11.4. The molecule has 0 bridgehead atoms. The Labute approximate surface area is 114 Å². The van der Waals surface area contributed by atoms with E-state index in [1.807, 2.05) is 11.3 Å². The van der Waals surface area contributed by atoms with Crippen molar-refractivity contribution in [2.75, 3.05) is 26.8 Å². The number of nitrogens with zero attached hydrogens (tertiary/aromatic N) is 1. The SMILES string of the molecule is CCNCc1ccc(CN(C)C2CCOCC2)s1. The molecule has 102 valence electrons. The van der Waals surface area contributed by atoms with Crippen LogP contribution < -0.4 is 5.32 Å². The Morgan fingerprint density at radius 1 is 1.33 bits per heavy atom. The van der Waals surface area contributed by atoms with Gasteiger partial charge in [0.05, 0.1) is 0 Å². The Morgan fingerprint density at radius 3 is 2.78 bits per heavy atom. The van der Waals surface area contributed by atoms with Gasteiger partial charge in [-0.3, -0.25) is 4.90 Å². The van der Waals surface area contributed by atoms with Gasteiger partial charge in [-0.25, -0.2) is 0 Å². The van der Waals surface area contributed by atoms with Gasteiger partial charge in [0, 0.05) is 42.1 Å². The van der Waals surface area contributed by atoms with Crippen molar-refractivity contribution in [1.29, 1.82) is 0 Å². The van der Waals surface area contributed by atoms with Crippen LogP contribution in [0.15, 0.2) is 12.1 Å². The first kappa shape index (κ1) is 14.0. The normalized spacial score (nSPS) is 17.5. The predicted octanol–water partition coefficient (Wildman–Crippen LogP) is 2.47. The van der Waals surface area contributed by atoms with E-state index in [0.717, 1.165) is 32.8 Å². The minimum Gasteiger partial charge on any atom is -0.381 e. The highest BCUT2D eigenvalue weighted by Gasteiger charge is 2.18. The first-order valence-electron chi connectivity index (χ1n) is 6.86. The molecule has 1 aliphatic rings. The lowest BCUT2D eigenvalue weighted by atomic mass is 10.1. The molecule has 1 aromatic heterocycles. The van der Waals surface area contributed by atoms with Gasteiger partial charge in [0.1, 0.15) is 0 Å². The molecule has 2 heterocycles. The van der Waals surface area contributed by atoms with Crippen LogP contribution in [0.2, 0.25) is 0 Å². The Kier molecular flexibility index (Phi) is 5.63. The molecule has 1 fully saturated rings. The fraction of sp³-hybridized carbons (Fsp3) is 0.714. The second-order valence-electron chi connectivity index (χ2n) is 4.91. The Hall–Kier alpha value is -0.420. The van der Waals surface area contributed by atoms with Crippen LogP contribution in [0.5, 0.6) is 0 Å². The molecule has 0 aliphatic carbocycles. The Morgan fingerprint density at radius 2 is 2.06 bits per heavy atom. The third-order valence-corrected chi connectivity index (χ3v) is 4.56. The second-order valence-corrected chi connectivity index (χ2v) is 6.16. The average Bonchev–Trinajstić information content (AvgIpc) is 2.85. The molecule has 0 spiro atoms.